The molecule has 0 saturated carbocycles. The van der Waals surface area contributed by atoms with Gasteiger partial charge in [0.05, 0.1) is 24.8 Å². The van der Waals surface area contributed by atoms with Crippen LogP contribution in [0.4, 0.5) is 11.4 Å². The molecular weight excluding hydrogens is 446 g/mol. The largest absolute Gasteiger partial charge is 0.493 e. The average Bonchev–Trinajstić information content (AvgIpc) is 2.82. The third-order valence-corrected chi connectivity index (χ3v) is 6.48. The molecular formula is C23H23N3O6S. The maximum Gasteiger partial charge on any atom is 0.264 e. The van der Waals surface area contributed by atoms with Gasteiger partial charge in [-0.1, -0.05) is 24.3 Å². The van der Waals surface area contributed by atoms with E-state index >= 15 is 0 Å². The van der Waals surface area contributed by atoms with E-state index in [1.54, 1.807) is 42.5 Å². The van der Waals surface area contributed by atoms with Gasteiger partial charge in [-0.25, -0.2) is 8.42 Å². The number of rotatable bonds is 9. The van der Waals surface area contributed by atoms with Gasteiger partial charge in [-0.2, -0.15) is 0 Å². The van der Waals surface area contributed by atoms with E-state index in [1.165, 1.54) is 44.6 Å². The molecule has 0 heterocycles. The number of primary amides is 1. The molecule has 0 aliphatic rings. The Kier molecular flexibility index (Phi) is 7.19. The maximum absolute atomic E-state index is 13.5. The van der Waals surface area contributed by atoms with E-state index in [2.05, 4.69) is 5.32 Å². The fourth-order valence-electron chi connectivity index (χ4n) is 3.09. The summed E-state index contributed by atoms with van der Waals surface area (Å²) in [5, 5.41) is 2.60. The van der Waals surface area contributed by atoms with Crippen molar-refractivity contribution in [2.75, 3.05) is 30.4 Å². The van der Waals surface area contributed by atoms with Crippen LogP contribution >= 0.6 is 0 Å². The van der Waals surface area contributed by atoms with Gasteiger partial charge >= 0.3 is 0 Å². The van der Waals surface area contributed by atoms with Crippen molar-refractivity contribution in [1.29, 1.82) is 0 Å². The van der Waals surface area contributed by atoms with Crippen LogP contribution in [0.15, 0.2) is 77.7 Å². The first-order valence-corrected chi connectivity index (χ1v) is 11.2. The summed E-state index contributed by atoms with van der Waals surface area (Å²) in [6.45, 7) is -0.512. The molecule has 33 heavy (non-hydrogen) atoms. The van der Waals surface area contributed by atoms with Gasteiger partial charge < -0.3 is 20.5 Å². The Morgan fingerprint density at radius 2 is 1.61 bits per heavy atom. The predicted molar refractivity (Wildman–Crippen MR) is 124 cm³/mol. The lowest BCUT2D eigenvalue weighted by atomic mass is 10.2. The lowest BCUT2D eigenvalue weighted by Crippen LogP contribution is -2.38. The quantitative estimate of drug-likeness (QED) is 0.496. The van der Waals surface area contributed by atoms with E-state index in [0.29, 0.717) is 17.1 Å². The summed E-state index contributed by atoms with van der Waals surface area (Å²) in [5.41, 5.74) is 6.10. The summed E-state index contributed by atoms with van der Waals surface area (Å²) < 4.78 is 38.4. The summed E-state index contributed by atoms with van der Waals surface area (Å²) in [4.78, 5) is 24.1. The average molecular weight is 470 g/mol. The normalized spacial score (nSPS) is 10.8. The van der Waals surface area contributed by atoms with Crippen molar-refractivity contribution in [3.63, 3.8) is 0 Å². The molecule has 10 heteroatoms. The molecule has 172 valence electrons. The lowest BCUT2D eigenvalue weighted by molar-refractivity contribution is -0.114. The van der Waals surface area contributed by atoms with Gasteiger partial charge in [-0.15, -0.1) is 0 Å². The molecule has 3 rings (SSSR count). The van der Waals surface area contributed by atoms with Crippen molar-refractivity contribution in [3.05, 3.63) is 78.4 Å². The summed E-state index contributed by atoms with van der Waals surface area (Å²) in [6, 6.07) is 18.5. The molecule has 2 amide bonds. The molecule has 3 N–H and O–H groups in total. The van der Waals surface area contributed by atoms with E-state index in [0.717, 1.165) is 4.31 Å². The molecule has 0 atom stereocenters. The molecule has 0 aliphatic carbocycles. The highest BCUT2D eigenvalue weighted by molar-refractivity contribution is 7.92. The number of nitrogens with two attached hydrogens (primary N) is 1. The minimum atomic E-state index is -4.16. The van der Waals surface area contributed by atoms with Crippen molar-refractivity contribution >= 4 is 33.2 Å². The topological polar surface area (TPSA) is 128 Å². The fraction of sp³-hybridized carbons (Fsp3) is 0.130. The monoisotopic (exact) mass is 469 g/mol. The van der Waals surface area contributed by atoms with Gasteiger partial charge in [0.2, 0.25) is 11.8 Å². The van der Waals surface area contributed by atoms with Crippen molar-refractivity contribution in [1.82, 2.24) is 0 Å². The van der Waals surface area contributed by atoms with Crippen LogP contribution in [0.2, 0.25) is 0 Å². The Bertz CT molecular complexity index is 1260. The van der Waals surface area contributed by atoms with Gasteiger partial charge in [-0.3, -0.25) is 13.9 Å². The number of amides is 2. The highest BCUT2D eigenvalue weighted by Gasteiger charge is 2.28. The first kappa shape index (κ1) is 23.6. The molecule has 0 unspecified atom stereocenters. The number of ether oxygens (including phenoxy) is 2. The van der Waals surface area contributed by atoms with Crippen LogP contribution in [-0.2, 0) is 14.8 Å². The van der Waals surface area contributed by atoms with Crippen molar-refractivity contribution in [2.45, 2.75) is 4.90 Å². The van der Waals surface area contributed by atoms with E-state index in [9.17, 15) is 18.0 Å². The molecule has 0 fully saturated rings. The third-order valence-electron chi connectivity index (χ3n) is 4.71. The molecule has 0 aromatic heterocycles. The molecule has 0 radical (unpaired) electrons. The number of benzene rings is 3. The second kappa shape index (κ2) is 10.0. The number of carbonyl (C=O) groups is 2. The van der Waals surface area contributed by atoms with Crippen LogP contribution in [-0.4, -0.2) is 41.0 Å². The van der Waals surface area contributed by atoms with Crippen molar-refractivity contribution in [2.24, 2.45) is 5.73 Å². The minimum Gasteiger partial charge on any atom is -0.493 e. The van der Waals surface area contributed by atoms with Crippen LogP contribution in [0, 0.1) is 0 Å². The first-order valence-electron chi connectivity index (χ1n) is 9.76. The number of nitrogens with one attached hydrogen (secondary N) is 1. The number of nitrogens with zero attached hydrogens (tertiary/aromatic N) is 1. The first-order chi connectivity index (χ1) is 15.8. The SMILES string of the molecule is COc1ccc(S(=O)(=O)N(CC(=O)Nc2cccc(C(N)=O)c2)c2ccccc2)cc1OC. The van der Waals surface area contributed by atoms with Crippen molar-refractivity contribution < 1.29 is 27.5 Å². The molecule has 0 saturated heterocycles. The number of para-hydroxylation sites is 1. The Morgan fingerprint density at radius 1 is 0.909 bits per heavy atom. The summed E-state index contributed by atoms with van der Waals surface area (Å²) >= 11 is 0. The van der Waals surface area contributed by atoms with Gasteiger partial charge in [0.1, 0.15) is 6.54 Å². The smallest absolute Gasteiger partial charge is 0.264 e. The molecule has 0 bridgehead atoms. The van der Waals surface area contributed by atoms with Crippen LogP contribution in [0.25, 0.3) is 0 Å². The number of anilines is 2. The van der Waals surface area contributed by atoms with Crippen molar-refractivity contribution in [3.8, 4) is 11.5 Å². The summed E-state index contributed by atoms with van der Waals surface area (Å²) in [6.07, 6.45) is 0. The molecule has 9 nitrogen and oxygen atoms in total. The van der Waals surface area contributed by atoms with Gasteiger partial charge in [0.25, 0.3) is 10.0 Å². The summed E-state index contributed by atoms with van der Waals surface area (Å²) in [7, 11) is -1.31. The zero-order valence-electron chi connectivity index (χ0n) is 18.0. The maximum atomic E-state index is 13.5. The number of methoxy groups -OCH3 is 2. The second-order valence-corrected chi connectivity index (χ2v) is 8.72. The van der Waals surface area contributed by atoms with Crippen LogP contribution in [0.5, 0.6) is 11.5 Å². The Hall–Kier alpha value is -4.05. The Labute approximate surface area is 191 Å². The highest BCUT2D eigenvalue weighted by atomic mass is 32.2. The standard InChI is InChI=1S/C23H23N3O6S/c1-31-20-12-11-19(14-21(20)32-2)33(29,30)26(18-9-4-3-5-10-18)15-22(27)25-17-8-6-7-16(13-17)23(24)28/h3-14H,15H2,1-2H3,(H2,24,28)(H,25,27). The molecule has 0 spiro atoms. The molecule has 0 aliphatic heterocycles. The zero-order chi connectivity index (χ0) is 24.0. The van der Waals surface area contributed by atoms with Crippen LogP contribution in [0.1, 0.15) is 10.4 Å². The highest BCUT2D eigenvalue weighted by Crippen LogP contribution is 2.32. The van der Waals surface area contributed by atoms with Gasteiger partial charge in [0.15, 0.2) is 11.5 Å². The summed E-state index contributed by atoms with van der Waals surface area (Å²) in [5.74, 6) is -0.647. The van der Waals surface area contributed by atoms with Gasteiger partial charge in [0, 0.05) is 17.3 Å². The third kappa shape index (κ3) is 5.42. The second-order valence-electron chi connectivity index (χ2n) is 6.86. The number of carbonyl (C=O) groups excluding carboxylic acids is 2. The zero-order valence-corrected chi connectivity index (χ0v) is 18.8. The number of hydrogen-bond acceptors (Lipinski definition) is 6. The molecule has 3 aromatic carbocycles. The Balaban J connectivity index is 1.95. The number of hydrogen-bond donors (Lipinski definition) is 2. The van der Waals surface area contributed by atoms with E-state index < -0.39 is 28.4 Å². The number of sulfonamides is 1. The lowest BCUT2D eigenvalue weighted by Gasteiger charge is -2.24. The van der Waals surface area contributed by atoms with E-state index in [-0.39, 0.29) is 16.2 Å². The fourth-order valence-corrected chi connectivity index (χ4v) is 4.53. The van der Waals surface area contributed by atoms with Crippen LogP contribution < -0.4 is 24.8 Å². The minimum absolute atomic E-state index is 0.0764. The van der Waals surface area contributed by atoms with Crippen LogP contribution in [0.3, 0.4) is 0 Å². The van der Waals surface area contributed by atoms with E-state index in [1.807, 2.05) is 0 Å². The predicted octanol–water partition coefficient (Wildman–Crippen LogP) is 2.64. The van der Waals surface area contributed by atoms with Gasteiger partial charge in [-0.05, 0) is 42.5 Å². The Morgan fingerprint density at radius 3 is 2.24 bits per heavy atom. The molecule has 3 aromatic rings. The van der Waals surface area contributed by atoms with E-state index in [4.69, 9.17) is 15.2 Å².